The Morgan fingerprint density at radius 2 is 1.81 bits per heavy atom. The third kappa shape index (κ3) is 3.22. The van der Waals surface area contributed by atoms with Crippen LogP contribution in [0.5, 0.6) is 0 Å². The first kappa shape index (κ1) is 17.0. The minimum atomic E-state index is -0.921. The van der Waals surface area contributed by atoms with Gasteiger partial charge in [-0.2, -0.15) is 0 Å². The first-order valence-electron chi connectivity index (χ1n) is 8.80. The van der Waals surface area contributed by atoms with Crippen molar-refractivity contribution in [3.8, 4) is 0 Å². The Morgan fingerprint density at radius 1 is 1.14 bits per heavy atom. The molecule has 0 aromatic rings. The van der Waals surface area contributed by atoms with E-state index in [4.69, 9.17) is 0 Å². The van der Waals surface area contributed by atoms with E-state index in [9.17, 15) is 10.2 Å². The lowest BCUT2D eigenvalue weighted by Crippen LogP contribution is -2.56. The van der Waals surface area contributed by atoms with E-state index in [0.717, 1.165) is 18.8 Å². The average Bonchev–Trinajstić information content (AvgIpc) is 2.36. The summed E-state index contributed by atoms with van der Waals surface area (Å²) >= 11 is 0. The maximum absolute atomic E-state index is 11.5. The number of rotatable bonds is 3. The van der Waals surface area contributed by atoms with Gasteiger partial charge in [0.15, 0.2) is 0 Å². The Hall–Kier alpha value is -0.340. The zero-order valence-corrected chi connectivity index (χ0v) is 14.5. The van der Waals surface area contributed by atoms with Crippen LogP contribution >= 0.6 is 0 Å². The fourth-order valence-electron chi connectivity index (χ4n) is 5.60. The van der Waals surface area contributed by atoms with Gasteiger partial charge in [-0.05, 0) is 61.7 Å². The van der Waals surface area contributed by atoms with Gasteiger partial charge in [-0.3, -0.25) is 0 Å². The molecule has 2 aliphatic rings. The highest BCUT2D eigenvalue weighted by atomic mass is 16.3. The fourth-order valence-corrected chi connectivity index (χ4v) is 5.60. The van der Waals surface area contributed by atoms with Crippen molar-refractivity contribution in [3.05, 3.63) is 11.6 Å². The van der Waals surface area contributed by atoms with E-state index in [2.05, 4.69) is 40.7 Å². The molecule has 2 rings (SSSR count). The molecule has 0 saturated heterocycles. The molecule has 0 radical (unpaired) electrons. The van der Waals surface area contributed by atoms with Crippen LogP contribution in [0.25, 0.3) is 0 Å². The molecule has 7 unspecified atom stereocenters. The van der Waals surface area contributed by atoms with Gasteiger partial charge in [-0.25, -0.2) is 0 Å². The van der Waals surface area contributed by atoms with Crippen molar-refractivity contribution >= 4 is 0 Å². The molecule has 0 aromatic carbocycles. The second kappa shape index (κ2) is 6.42. The minimum Gasteiger partial charge on any atom is -0.393 e. The molecule has 2 heteroatoms. The molecule has 2 N–H and O–H groups in total. The van der Waals surface area contributed by atoms with Gasteiger partial charge in [0.25, 0.3) is 0 Å². The van der Waals surface area contributed by atoms with E-state index in [-0.39, 0.29) is 18.4 Å². The summed E-state index contributed by atoms with van der Waals surface area (Å²) < 4.78 is 0. The van der Waals surface area contributed by atoms with Crippen molar-refractivity contribution in [1.29, 1.82) is 0 Å². The maximum Gasteiger partial charge on any atom is 0.0943 e. The van der Waals surface area contributed by atoms with Crippen molar-refractivity contribution in [3.63, 3.8) is 0 Å². The van der Waals surface area contributed by atoms with Crippen LogP contribution in [0.1, 0.15) is 60.3 Å². The van der Waals surface area contributed by atoms with Gasteiger partial charge in [0.2, 0.25) is 0 Å². The Kier molecular flexibility index (Phi) is 5.20. The summed E-state index contributed by atoms with van der Waals surface area (Å²) in [7, 11) is 0. The van der Waals surface area contributed by atoms with Crippen LogP contribution in [0.3, 0.4) is 0 Å². The van der Waals surface area contributed by atoms with Gasteiger partial charge in [0.05, 0.1) is 12.2 Å². The monoisotopic (exact) mass is 294 g/mol. The first-order valence-corrected chi connectivity index (χ1v) is 8.80. The Morgan fingerprint density at radius 3 is 2.33 bits per heavy atom. The molecule has 2 nitrogen and oxygen atoms in total. The summed E-state index contributed by atoms with van der Waals surface area (Å²) in [6, 6.07) is 0. The Bertz CT molecular complexity index is 389. The molecule has 1 fully saturated rings. The fraction of sp³-hybridized carbons (Fsp3) is 0.895. The number of hydrogen-bond acceptors (Lipinski definition) is 2. The summed E-state index contributed by atoms with van der Waals surface area (Å²) in [6.07, 6.45) is 6.77. The van der Waals surface area contributed by atoms with E-state index >= 15 is 0 Å². The van der Waals surface area contributed by atoms with E-state index < -0.39 is 5.60 Å². The van der Waals surface area contributed by atoms with E-state index in [1.165, 1.54) is 18.4 Å². The summed E-state index contributed by atoms with van der Waals surface area (Å²) in [4.78, 5) is 0. The Balaban J connectivity index is 2.28. The standard InChI is InChI=1S/C19H34O2/c1-12-6-7-17(14(3)8-12)19(21,11-20)18-15(4)9-13(2)10-16(18)5/h9,12,14-18,20-21H,6-8,10-11H2,1-5H3. The molecule has 7 atom stereocenters. The molecule has 0 heterocycles. The van der Waals surface area contributed by atoms with Crippen molar-refractivity contribution in [1.82, 2.24) is 0 Å². The predicted molar refractivity (Wildman–Crippen MR) is 87.9 cm³/mol. The minimum absolute atomic E-state index is 0.0946. The van der Waals surface area contributed by atoms with Crippen LogP contribution in [0.2, 0.25) is 0 Å². The molecule has 0 aromatic heterocycles. The van der Waals surface area contributed by atoms with Crippen molar-refractivity contribution < 1.29 is 10.2 Å². The Labute approximate surface area is 130 Å². The number of hydrogen-bond donors (Lipinski definition) is 2. The van der Waals surface area contributed by atoms with Crippen LogP contribution in [0, 0.1) is 35.5 Å². The highest BCUT2D eigenvalue weighted by Gasteiger charge is 2.50. The normalized spacial score (nSPS) is 44.0. The molecule has 2 aliphatic carbocycles. The molecule has 0 spiro atoms. The van der Waals surface area contributed by atoms with Crippen molar-refractivity contribution in [2.75, 3.05) is 6.61 Å². The van der Waals surface area contributed by atoms with Crippen LogP contribution in [0.4, 0.5) is 0 Å². The lowest BCUT2D eigenvalue weighted by atomic mass is 9.58. The summed E-state index contributed by atoms with van der Waals surface area (Å²) in [5, 5.41) is 21.6. The average molecular weight is 294 g/mol. The molecule has 21 heavy (non-hydrogen) atoms. The van der Waals surface area contributed by atoms with Crippen LogP contribution < -0.4 is 0 Å². The molecular weight excluding hydrogens is 260 g/mol. The van der Waals surface area contributed by atoms with Crippen LogP contribution in [-0.4, -0.2) is 22.4 Å². The second-order valence-corrected chi connectivity index (χ2v) is 8.23. The zero-order valence-electron chi connectivity index (χ0n) is 14.5. The highest BCUT2D eigenvalue weighted by Crippen LogP contribution is 2.49. The third-order valence-corrected chi connectivity index (χ3v) is 6.27. The second-order valence-electron chi connectivity index (χ2n) is 8.23. The van der Waals surface area contributed by atoms with Gasteiger partial charge in [-0.1, -0.05) is 45.8 Å². The van der Waals surface area contributed by atoms with E-state index in [0.29, 0.717) is 17.8 Å². The summed E-state index contributed by atoms with van der Waals surface area (Å²) in [5.74, 6) is 2.44. The van der Waals surface area contributed by atoms with Gasteiger partial charge in [-0.15, -0.1) is 0 Å². The SMILES string of the molecule is CC1=CC(C)C(C(O)(CO)C2CCC(C)CC2C)C(C)C1. The summed E-state index contributed by atoms with van der Waals surface area (Å²) in [5.41, 5.74) is 0.507. The van der Waals surface area contributed by atoms with Gasteiger partial charge >= 0.3 is 0 Å². The van der Waals surface area contributed by atoms with E-state index in [1.54, 1.807) is 0 Å². The third-order valence-electron chi connectivity index (χ3n) is 6.27. The molecule has 0 amide bonds. The van der Waals surface area contributed by atoms with Crippen LogP contribution in [-0.2, 0) is 0 Å². The van der Waals surface area contributed by atoms with E-state index in [1.807, 2.05) is 0 Å². The lowest BCUT2D eigenvalue weighted by molar-refractivity contribution is -0.154. The van der Waals surface area contributed by atoms with Crippen molar-refractivity contribution in [2.45, 2.75) is 65.9 Å². The zero-order chi connectivity index (χ0) is 15.8. The van der Waals surface area contributed by atoms with Crippen molar-refractivity contribution in [2.24, 2.45) is 35.5 Å². The van der Waals surface area contributed by atoms with Gasteiger partial charge in [0, 0.05) is 0 Å². The number of aliphatic hydroxyl groups is 2. The molecule has 0 aliphatic heterocycles. The molecular formula is C19H34O2. The maximum atomic E-state index is 11.5. The number of allylic oxidation sites excluding steroid dienone is 2. The molecule has 1 saturated carbocycles. The summed E-state index contributed by atoms with van der Waals surface area (Å²) in [6.45, 7) is 11.1. The molecule has 122 valence electrons. The van der Waals surface area contributed by atoms with Crippen LogP contribution in [0.15, 0.2) is 11.6 Å². The molecule has 0 bridgehead atoms. The highest BCUT2D eigenvalue weighted by molar-refractivity contribution is 5.13. The quantitative estimate of drug-likeness (QED) is 0.772. The first-order chi connectivity index (χ1) is 9.79. The van der Waals surface area contributed by atoms with Gasteiger partial charge < -0.3 is 10.2 Å². The topological polar surface area (TPSA) is 40.5 Å². The lowest BCUT2D eigenvalue weighted by Gasteiger charge is -2.51. The van der Waals surface area contributed by atoms with Gasteiger partial charge in [0.1, 0.15) is 0 Å². The smallest absolute Gasteiger partial charge is 0.0943 e. The predicted octanol–water partition coefficient (Wildman–Crippen LogP) is 4.02. The largest absolute Gasteiger partial charge is 0.393 e. The number of aliphatic hydroxyl groups excluding tert-OH is 1.